The van der Waals surface area contributed by atoms with Gasteiger partial charge in [0.05, 0.1) is 12.2 Å². The van der Waals surface area contributed by atoms with Gasteiger partial charge in [-0.25, -0.2) is 0 Å². The van der Waals surface area contributed by atoms with Gasteiger partial charge in [0, 0.05) is 5.92 Å². The fourth-order valence-corrected chi connectivity index (χ4v) is 1.50. The quantitative estimate of drug-likeness (QED) is 0.569. The molecule has 11 heavy (non-hydrogen) atoms. The number of hydrogen-bond acceptors (Lipinski definition) is 3. The van der Waals surface area contributed by atoms with Crippen LogP contribution in [-0.2, 0) is 4.79 Å². The molecule has 2 N–H and O–H groups in total. The summed E-state index contributed by atoms with van der Waals surface area (Å²) in [6.07, 6.45) is 0.374. The molecule has 0 heterocycles. The molecule has 0 saturated heterocycles. The van der Waals surface area contributed by atoms with E-state index in [1.165, 1.54) is 6.92 Å². The minimum Gasteiger partial charge on any atom is -0.390 e. The minimum atomic E-state index is -0.697. The van der Waals surface area contributed by atoms with Crippen LogP contribution in [0.3, 0.4) is 0 Å². The van der Waals surface area contributed by atoms with Crippen molar-refractivity contribution in [2.75, 3.05) is 0 Å². The number of hydrogen-bond donors (Lipinski definition) is 2. The molecule has 1 fully saturated rings. The SMILES string of the molecule is CC(=O)[C@H]1CC[C@@H](O)[C@H](O)C1. The molecule has 0 aromatic carbocycles. The molecule has 3 nitrogen and oxygen atoms in total. The molecular formula is C8H14O3. The van der Waals surface area contributed by atoms with Gasteiger partial charge in [-0.05, 0) is 26.2 Å². The number of ketones is 1. The molecule has 0 unspecified atom stereocenters. The normalized spacial score (nSPS) is 38.6. The summed E-state index contributed by atoms with van der Waals surface area (Å²) in [5, 5.41) is 18.3. The average molecular weight is 158 g/mol. The number of carbonyl (C=O) groups is 1. The van der Waals surface area contributed by atoms with E-state index in [9.17, 15) is 9.90 Å². The van der Waals surface area contributed by atoms with Gasteiger partial charge in [0.2, 0.25) is 0 Å². The van der Waals surface area contributed by atoms with Crippen molar-refractivity contribution in [1.29, 1.82) is 0 Å². The molecule has 1 saturated carbocycles. The Hall–Kier alpha value is -0.410. The van der Waals surface area contributed by atoms with Crippen molar-refractivity contribution in [3.05, 3.63) is 0 Å². The predicted octanol–water partition coefficient (Wildman–Crippen LogP) is 0.0973. The lowest BCUT2D eigenvalue weighted by molar-refractivity contribution is -0.125. The molecule has 1 aliphatic carbocycles. The largest absolute Gasteiger partial charge is 0.390 e. The van der Waals surface area contributed by atoms with Gasteiger partial charge >= 0.3 is 0 Å². The second kappa shape index (κ2) is 3.32. The third-order valence-electron chi connectivity index (χ3n) is 2.36. The summed E-state index contributed by atoms with van der Waals surface area (Å²) in [7, 11) is 0. The standard InChI is InChI=1S/C8H14O3/c1-5(9)6-2-3-7(10)8(11)4-6/h6-8,10-11H,2-4H2,1H3/t6-,7+,8+/m0/s1. The summed E-state index contributed by atoms with van der Waals surface area (Å²) in [5.41, 5.74) is 0. The number of rotatable bonds is 1. The molecule has 0 aromatic heterocycles. The smallest absolute Gasteiger partial charge is 0.133 e. The number of aliphatic hydroxyl groups excluding tert-OH is 2. The molecule has 64 valence electrons. The fraction of sp³-hybridized carbons (Fsp3) is 0.875. The summed E-state index contributed by atoms with van der Waals surface area (Å²) >= 11 is 0. The van der Waals surface area contributed by atoms with Crippen molar-refractivity contribution in [2.45, 2.75) is 38.4 Å². The Morgan fingerprint density at radius 2 is 1.91 bits per heavy atom. The molecule has 1 aliphatic rings. The first-order chi connectivity index (χ1) is 5.11. The van der Waals surface area contributed by atoms with E-state index in [4.69, 9.17) is 5.11 Å². The zero-order chi connectivity index (χ0) is 8.43. The van der Waals surface area contributed by atoms with Crippen LogP contribution >= 0.6 is 0 Å². The lowest BCUT2D eigenvalue weighted by Gasteiger charge is -2.28. The maximum atomic E-state index is 10.9. The molecule has 0 spiro atoms. The number of carbonyl (C=O) groups excluding carboxylic acids is 1. The molecule has 3 heteroatoms. The Kier molecular flexibility index (Phi) is 2.62. The van der Waals surface area contributed by atoms with Crippen LogP contribution in [0.2, 0.25) is 0 Å². The highest BCUT2D eigenvalue weighted by Gasteiger charge is 2.29. The number of Topliss-reactive ketones (excluding diaryl/α,β-unsaturated/α-hetero) is 1. The first-order valence-corrected chi connectivity index (χ1v) is 3.98. The maximum Gasteiger partial charge on any atom is 0.133 e. The van der Waals surface area contributed by atoms with E-state index in [0.29, 0.717) is 19.3 Å². The Morgan fingerprint density at radius 1 is 1.27 bits per heavy atom. The molecule has 0 aromatic rings. The van der Waals surface area contributed by atoms with E-state index in [2.05, 4.69) is 0 Å². The average Bonchev–Trinajstić information content (AvgIpc) is 1.94. The van der Waals surface area contributed by atoms with Crippen molar-refractivity contribution >= 4 is 5.78 Å². The molecular weight excluding hydrogens is 144 g/mol. The van der Waals surface area contributed by atoms with Gasteiger partial charge in [0.15, 0.2) is 0 Å². The van der Waals surface area contributed by atoms with Crippen LogP contribution in [0.25, 0.3) is 0 Å². The van der Waals surface area contributed by atoms with Crippen LogP contribution in [0.4, 0.5) is 0 Å². The van der Waals surface area contributed by atoms with Crippen molar-refractivity contribution in [3.63, 3.8) is 0 Å². The second-order valence-corrected chi connectivity index (χ2v) is 3.26. The van der Waals surface area contributed by atoms with Gasteiger partial charge in [0.1, 0.15) is 5.78 Å². The van der Waals surface area contributed by atoms with E-state index in [0.717, 1.165) is 0 Å². The van der Waals surface area contributed by atoms with Crippen LogP contribution in [0.15, 0.2) is 0 Å². The molecule has 1 rings (SSSR count). The van der Waals surface area contributed by atoms with Crippen LogP contribution in [0.1, 0.15) is 26.2 Å². The fourth-order valence-electron chi connectivity index (χ4n) is 1.50. The minimum absolute atomic E-state index is 0.0339. The molecule has 0 amide bonds. The lowest BCUT2D eigenvalue weighted by Crippen LogP contribution is -2.35. The summed E-state index contributed by atoms with van der Waals surface area (Å²) in [6.45, 7) is 1.54. The first-order valence-electron chi connectivity index (χ1n) is 3.98. The van der Waals surface area contributed by atoms with Crippen molar-refractivity contribution < 1.29 is 15.0 Å². The zero-order valence-corrected chi connectivity index (χ0v) is 6.66. The van der Waals surface area contributed by atoms with Gasteiger partial charge < -0.3 is 10.2 Å². The maximum absolute atomic E-state index is 10.9. The summed E-state index contributed by atoms with van der Waals surface area (Å²) in [5.74, 6) is 0.0874. The molecule has 0 radical (unpaired) electrons. The van der Waals surface area contributed by atoms with E-state index in [1.807, 2.05) is 0 Å². The van der Waals surface area contributed by atoms with Crippen LogP contribution < -0.4 is 0 Å². The molecule has 0 bridgehead atoms. The second-order valence-electron chi connectivity index (χ2n) is 3.26. The van der Waals surface area contributed by atoms with Crippen molar-refractivity contribution in [1.82, 2.24) is 0 Å². The van der Waals surface area contributed by atoms with Crippen LogP contribution in [0.5, 0.6) is 0 Å². The monoisotopic (exact) mass is 158 g/mol. The Bertz CT molecular complexity index is 155. The Balaban J connectivity index is 2.46. The van der Waals surface area contributed by atoms with E-state index in [1.54, 1.807) is 0 Å². The number of aliphatic hydroxyl groups is 2. The predicted molar refractivity (Wildman–Crippen MR) is 40.0 cm³/mol. The summed E-state index contributed by atoms with van der Waals surface area (Å²) in [4.78, 5) is 10.9. The van der Waals surface area contributed by atoms with Crippen LogP contribution in [-0.4, -0.2) is 28.2 Å². The van der Waals surface area contributed by atoms with Gasteiger partial charge in [-0.1, -0.05) is 0 Å². The Morgan fingerprint density at radius 3 is 2.36 bits per heavy atom. The first kappa shape index (κ1) is 8.68. The van der Waals surface area contributed by atoms with Gasteiger partial charge in [0.25, 0.3) is 0 Å². The highest BCUT2D eigenvalue weighted by atomic mass is 16.3. The van der Waals surface area contributed by atoms with E-state index in [-0.39, 0.29) is 11.7 Å². The third-order valence-corrected chi connectivity index (χ3v) is 2.36. The lowest BCUT2D eigenvalue weighted by atomic mass is 9.83. The summed E-state index contributed by atoms with van der Waals surface area (Å²) < 4.78 is 0. The zero-order valence-electron chi connectivity index (χ0n) is 6.66. The van der Waals surface area contributed by atoms with E-state index >= 15 is 0 Å². The van der Waals surface area contributed by atoms with Crippen molar-refractivity contribution in [3.8, 4) is 0 Å². The van der Waals surface area contributed by atoms with Gasteiger partial charge in [-0.3, -0.25) is 4.79 Å². The van der Waals surface area contributed by atoms with Crippen molar-refractivity contribution in [2.24, 2.45) is 5.92 Å². The van der Waals surface area contributed by atoms with Gasteiger partial charge in [-0.2, -0.15) is 0 Å². The summed E-state index contributed by atoms with van der Waals surface area (Å²) in [6, 6.07) is 0. The topological polar surface area (TPSA) is 57.5 Å². The molecule has 3 atom stereocenters. The highest BCUT2D eigenvalue weighted by Crippen LogP contribution is 2.24. The van der Waals surface area contributed by atoms with Crippen LogP contribution in [0, 0.1) is 5.92 Å². The Labute approximate surface area is 66.0 Å². The molecule has 0 aliphatic heterocycles. The van der Waals surface area contributed by atoms with E-state index < -0.39 is 12.2 Å². The van der Waals surface area contributed by atoms with Gasteiger partial charge in [-0.15, -0.1) is 0 Å². The highest BCUT2D eigenvalue weighted by molar-refractivity contribution is 5.78. The third kappa shape index (κ3) is 2.01.